The van der Waals surface area contributed by atoms with Crippen molar-refractivity contribution in [2.24, 2.45) is 0 Å². The van der Waals surface area contributed by atoms with Crippen LogP contribution in [0, 0.1) is 0 Å². The smallest absolute Gasteiger partial charge is 0.432 e. The summed E-state index contributed by atoms with van der Waals surface area (Å²) in [5.41, 5.74) is 6.76. The SMILES string of the molecule is C=CCNc1nc(N)nc2c1ncn2CCOCP(=O)(OCOC(=O)OC(C)C)OCOC(=O)OC(C)C. The van der Waals surface area contributed by atoms with Crippen molar-refractivity contribution >= 4 is 42.8 Å². The van der Waals surface area contributed by atoms with Gasteiger partial charge in [-0.1, -0.05) is 6.08 Å². The van der Waals surface area contributed by atoms with E-state index in [1.165, 1.54) is 6.33 Å². The lowest BCUT2D eigenvalue weighted by molar-refractivity contribution is -0.0344. The molecule has 0 saturated carbocycles. The molecule has 0 radical (unpaired) electrons. The summed E-state index contributed by atoms with van der Waals surface area (Å²) in [5.74, 6) is 0.496. The Bertz CT molecular complexity index is 1090. The molecule has 3 N–H and O–H groups in total. The van der Waals surface area contributed by atoms with Crippen molar-refractivity contribution in [3.8, 4) is 0 Å². The van der Waals surface area contributed by atoms with Gasteiger partial charge in [0.25, 0.3) is 0 Å². The van der Waals surface area contributed by atoms with E-state index in [-0.39, 0.29) is 19.1 Å². The first-order chi connectivity index (χ1) is 18.0. The number of carbonyl (C=O) groups excluding carboxylic acids is 2. The van der Waals surface area contributed by atoms with Gasteiger partial charge in [0.1, 0.15) is 6.35 Å². The number of imidazole rings is 1. The van der Waals surface area contributed by atoms with E-state index in [4.69, 9.17) is 38.5 Å². The van der Waals surface area contributed by atoms with Crippen molar-refractivity contribution in [3.63, 3.8) is 0 Å². The predicted molar refractivity (Wildman–Crippen MR) is 134 cm³/mol. The average molecular weight is 561 g/mol. The molecule has 0 fully saturated rings. The number of carbonyl (C=O) groups is 2. The van der Waals surface area contributed by atoms with Gasteiger partial charge in [0.15, 0.2) is 17.0 Å². The molecule has 0 aromatic carbocycles. The van der Waals surface area contributed by atoms with Gasteiger partial charge in [-0.2, -0.15) is 9.97 Å². The van der Waals surface area contributed by atoms with Gasteiger partial charge in [0.2, 0.25) is 19.5 Å². The van der Waals surface area contributed by atoms with Crippen LogP contribution in [0.2, 0.25) is 0 Å². The van der Waals surface area contributed by atoms with Gasteiger partial charge in [-0.25, -0.2) is 14.6 Å². The molecule has 0 atom stereocenters. The van der Waals surface area contributed by atoms with Crippen LogP contribution in [0.25, 0.3) is 11.2 Å². The second-order valence-electron chi connectivity index (χ2n) is 7.97. The quantitative estimate of drug-likeness (QED) is 0.0996. The van der Waals surface area contributed by atoms with Crippen molar-refractivity contribution in [3.05, 3.63) is 19.0 Å². The van der Waals surface area contributed by atoms with Crippen LogP contribution in [0.1, 0.15) is 27.7 Å². The molecule has 2 aromatic rings. The highest BCUT2D eigenvalue weighted by Gasteiger charge is 2.27. The Morgan fingerprint density at radius 2 is 1.71 bits per heavy atom. The van der Waals surface area contributed by atoms with Gasteiger partial charge in [-0.3, -0.25) is 13.6 Å². The number of rotatable bonds is 16. The van der Waals surface area contributed by atoms with Crippen LogP contribution >= 0.6 is 7.60 Å². The third-order valence-electron chi connectivity index (χ3n) is 4.14. The molecule has 16 nitrogen and oxygen atoms in total. The second-order valence-corrected chi connectivity index (χ2v) is 9.97. The molecule has 0 amide bonds. The summed E-state index contributed by atoms with van der Waals surface area (Å²) in [7, 11) is -4.06. The Morgan fingerprint density at radius 1 is 1.11 bits per heavy atom. The van der Waals surface area contributed by atoms with E-state index in [1.807, 2.05) is 0 Å². The van der Waals surface area contributed by atoms with E-state index in [0.29, 0.717) is 23.5 Å². The zero-order valence-electron chi connectivity index (χ0n) is 21.7. The number of nitrogens with zero attached hydrogens (tertiary/aromatic N) is 4. The lowest BCUT2D eigenvalue weighted by atomic mass is 10.4. The lowest BCUT2D eigenvalue weighted by Gasteiger charge is -2.19. The van der Waals surface area contributed by atoms with E-state index < -0.39 is 52.0 Å². The molecule has 2 rings (SSSR count). The molecule has 0 saturated heterocycles. The molecular weight excluding hydrogens is 527 g/mol. The number of hydrogen-bond acceptors (Lipinski definition) is 15. The number of hydrogen-bond donors (Lipinski definition) is 2. The molecular formula is C21H33N6O10P. The molecule has 0 unspecified atom stereocenters. The summed E-state index contributed by atoms with van der Waals surface area (Å²) in [5, 5.41) is 3.04. The maximum atomic E-state index is 13.1. The zero-order chi connectivity index (χ0) is 28.1. The third kappa shape index (κ3) is 10.5. The summed E-state index contributed by atoms with van der Waals surface area (Å²) in [6.07, 6.45) is -0.289. The molecule has 0 aliphatic rings. The highest BCUT2D eigenvalue weighted by atomic mass is 31.2. The van der Waals surface area contributed by atoms with Crippen LogP contribution in [0.4, 0.5) is 21.4 Å². The fourth-order valence-corrected chi connectivity index (χ4v) is 3.63. The number of aromatic nitrogens is 4. The number of nitrogen functional groups attached to an aromatic ring is 1. The first-order valence-electron chi connectivity index (χ1n) is 11.5. The van der Waals surface area contributed by atoms with Gasteiger partial charge >= 0.3 is 19.9 Å². The standard InChI is InChI=1S/C21H33N6O10P/c1-6-7-23-17-16-18(26-19(22)25-17)27(10-24-16)8-9-31-13-38(30,34-11-32-20(28)36-14(2)3)35-12-33-21(29)37-15(4)5/h6,10,14-15H,1,7-9,11-13H2,2-5H3,(H3,22,23,25,26). The van der Waals surface area contributed by atoms with E-state index >= 15 is 0 Å². The topological polar surface area (TPSA) is 197 Å². The number of anilines is 2. The minimum Gasteiger partial charge on any atom is -0.432 e. The van der Waals surface area contributed by atoms with Crippen molar-refractivity contribution < 1.29 is 46.9 Å². The van der Waals surface area contributed by atoms with Crippen LogP contribution in [0.3, 0.4) is 0 Å². The Labute approximate surface area is 219 Å². The minimum atomic E-state index is -4.06. The van der Waals surface area contributed by atoms with Crippen LogP contribution in [0.5, 0.6) is 0 Å². The maximum absolute atomic E-state index is 13.1. The van der Waals surface area contributed by atoms with Crippen LogP contribution in [-0.4, -0.2) is 77.1 Å². The number of fused-ring (bicyclic) bond motifs is 1. The van der Waals surface area contributed by atoms with Gasteiger partial charge in [-0.15, -0.1) is 6.58 Å². The third-order valence-corrected chi connectivity index (χ3v) is 5.63. The predicted octanol–water partition coefficient (Wildman–Crippen LogP) is 3.25. The summed E-state index contributed by atoms with van der Waals surface area (Å²) >= 11 is 0. The Hall–Kier alpha value is -3.46. The molecule has 0 bridgehead atoms. The fraction of sp³-hybridized carbons (Fsp3) is 0.571. The van der Waals surface area contributed by atoms with Gasteiger partial charge in [0.05, 0.1) is 25.1 Å². The minimum absolute atomic E-state index is 0.0218. The molecule has 0 aliphatic heterocycles. The number of nitrogens with one attached hydrogen (secondary N) is 1. The summed E-state index contributed by atoms with van der Waals surface area (Å²) in [6.45, 7) is 9.34. The monoisotopic (exact) mass is 560 g/mol. The first kappa shape index (κ1) is 30.8. The average Bonchev–Trinajstić information content (AvgIpc) is 3.22. The highest BCUT2D eigenvalue weighted by molar-refractivity contribution is 7.53. The fourth-order valence-electron chi connectivity index (χ4n) is 2.63. The van der Waals surface area contributed by atoms with E-state index in [2.05, 4.69) is 26.8 Å². The summed E-state index contributed by atoms with van der Waals surface area (Å²) in [4.78, 5) is 35.7. The summed E-state index contributed by atoms with van der Waals surface area (Å²) in [6, 6.07) is 0. The summed E-state index contributed by atoms with van der Waals surface area (Å²) < 4.78 is 49.5. The normalized spacial score (nSPS) is 11.5. The van der Waals surface area contributed by atoms with Gasteiger partial charge < -0.3 is 39.3 Å². The maximum Gasteiger partial charge on any atom is 0.510 e. The van der Waals surface area contributed by atoms with Crippen molar-refractivity contribution in [2.75, 3.05) is 44.1 Å². The number of nitrogens with two attached hydrogens (primary N) is 1. The Balaban J connectivity index is 1.96. The van der Waals surface area contributed by atoms with E-state index in [9.17, 15) is 14.2 Å². The van der Waals surface area contributed by atoms with Crippen LogP contribution in [-0.2, 0) is 43.8 Å². The van der Waals surface area contributed by atoms with Crippen LogP contribution < -0.4 is 11.1 Å². The Morgan fingerprint density at radius 3 is 2.26 bits per heavy atom. The van der Waals surface area contributed by atoms with Crippen molar-refractivity contribution in [2.45, 2.75) is 46.4 Å². The molecule has 0 spiro atoms. The molecule has 17 heteroatoms. The Kier molecular flexibility index (Phi) is 12.2. The highest BCUT2D eigenvalue weighted by Crippen LogP contribution is 2.48. The van der Waals surface area contributed by atoms with E-state index in [0.717, 1.165) is 0 Å². The van der Waals surface area contributed by atoms with Gasteiger partial charge in [0, 0.05) is 13.1 Å². The number of ether oxygens (including phenoxy) is 5. The molecule has 212 valence electrons. The molecule has 0 aliphatic carbocycles. The van der Waals surface area contributed by atoms with Crippen molar-refractivity contribution in [1.82, 2.24) is 19.5 Å². The van der Waals surface area contributed by atoms with Crippen molar-refractivity contribution in [1.29, 1.82) is 0 Å². The largest absolute Gasteiger partial charge is 0.510 e. The first-order valence-corrected chi connectivity index (χ1v) is 13.2. The van der Waals surface area contributed by atoms with Gasteiger partial charge in [-0.05, 0) is 27.7 Å². The molecule has 2 heterocycles. The zero-order valence-corrected chi connectivity index (χ0v) is 22.5. The van der Waals surface area contributed by atoms with E-state index in [1.54, 1.807) is 38.3 Å². The molecule has 38 heavy (non-hydrogen) atoms. The molecule has 2 aromatic heterocycles. The van der Waals surface area contributed by atoms with Crippen LogP contribution in [0.15, 0.2) is 19.0 Å². The second kappa shape index (κ2) is 15.1. The lowest BCUT2D eigenvalue weighted by Crippen LogP contribution is -2.17.